The van der Waals surface area contributed by atoms with E-state index in [2.05, 4.69) is 4.98 Å². The van der Waals surface area contributed by atoms with E-state index in [-0.39, 0.29) is 5.92 Å². The van der Waals surface area contributed by atoms with Gasteiger partial charge in [-0.2, -0.15) is 0 Å². The Morgan fingerprint density at radius 2 is 2.29 bits per heavy atom. The summed E-state index contributed by atoms with van der Waals surface area (Å²) in [5.74, 6) is 0.613. The van der Waals surface area contributed by atoms with Crippen molar-refractivity contribution in [3.8, 4) is 0 Å². The predicted octanol–water partition coefficient (Wildman–Crippen LogP) is 1.76. The van der Waals surface area contributed by atoms with E-state index in [0.29, 0.717) is 6.54 Å². The number of pyridine rings is 1. The molecule has 0 fully saturated rings. The van der Waals surface area contributed by atoms with Crippen LogP contribution >= 0.6 is 0 Å². The second-order valence-electron chi connectivity index (χ2n) is 4.06. The molecule has 90 valence electrons. The molecule has 0 saturated carbocycles. The van der Waals surface area contributed by atoms with Gasteiger partial charge < -0.3 is 15.3 Å². The Morgan fingerprint density at radius 3 is 2.82 bits per heavy atom. The highest BCUT2D eigenvalue weighted by atomic mass is 16.3. The molecule has 3 N–H and O–H groups in total. The van der Waals surface area contributed by atoms with Crippen LogP contribution < -0.4 is 5.73 Å². The van der Waals surface area contributed by atoms with Gasteiger partial charge >= 0.3 is 0 Å². The van der Waals surface area contributed by atoms with Crippen LogP contribution in [0.4, 0.5) is 0 Å². The van der Waals surface area contributed by atoms with E-state index < -0.39 is 6.10 Å². The molecule has 0 amide bonds. The molecule has 4 heteroatoms. The fourth-order valence-electron chi connectivity index (χ4n) is 1.89. The number of hydrogen-bond acceptors (Lipinski definition) is 4. The second kappa shape index (κ2) is 5.12. The zero-order valence-electron chi connectivity index (χ0n) is 9.71. The van der Waals surface area contributed by atoms with Gasteiger partial charge in [0.1, 0.15) is 5.76 Å². The molecule has 0 aromatic carbocycles. The third kappa shape index (κ3) is 2.54. The highest BCUT2D eigenvalue weighted by molar-refractivity contribution is 5.24. The summed E-state index contributed by atoms with van der Waals surface area (Å²) in [5.41, 5.74) is 7.41. The number of rotatable bonds is 4. The molecule has 2 aromatic rings. The van der Waals surface area contributed by atoms with Crippen LogP contribution in [0.2, 0.25) is 0 Å². The minimum atomic E-state index is -0.665. The molecule has 0 aliphatic rings. The molecule has 0 radical (unpaired) electrons. The first-order valence-corrected chi connectivity index (χ1v) is 5.55. The van der Waals surface area contributed by atoms with Crippen LogP contribution in [0, 0.1) is 6.92 Å². The maximum absolute atomic E-state index is 10.3. The molecule has 2 unspecified atom stereocenters. The van der Waals surface area contributed by atoms with Crippen molar-refractivity contribution in [3.63, 3.8) is 0 Å². The summed E-state index contributed by atoms with van der Waals surface area (Å²) in [6.45, 7) is 2.20. The van der Waals surface area contributed by atoms with Gasteiger partial charge in [0, 0.05) is 30.4 Å². The summed E-state index contributed by atoms with van der Waals surface area (Å²) in [4.78, 5) is 4.04. The van der Waals surface area contributed by atoms with Gasteiger partial charge in [0.25, 0.3) is 0 Å². The SMILES string of the molecule is Cc1cc(C(O)C(CN)c2cccnc2)co1. The van der Waals surface area contributed by atoms with Crippen molar-refractivity contribution >= 4 is 0 Å². The van der Waals surface area contributed by atoms with Gasteiger partial charge in [-0.1, -0.05) is 6.07 Å². The standard InChI is InChI=1S/C13H16N2O2/c1-9-5-11(8-17-9)13(16)12(6-14)10-3-2-4-15-7-10/h2-5,7-8,12-13,16H,6,14H2,1H3. The second-order valence-corrected chi connectivity index (χ2v) is 4.06. The summed E-state index contributed by atoms with van der Waals surface area (Å²) in [6.07, 6.45) is 4.33. The minimum Gasteiger partial charge on any atom is -0.469 e. The number of aliphatic hydroxyl groups is 1. The van der Waals surface area contributed by atoms with Crippen LogP contribution in [-0.2, 0) is 0 Å². The Morgan fingerprint density at radius 1 is 1.47 bits per heavy atom. The summed E-state index contributed by atoms with van der Waals surface area (Å²) in [7, 11) is 0. The molecule has 0 spiro atoms. The van der Waals surface area contributed by atoms with E-state index in [1.165, 1.54) is 0 Å². The average Bonchev–Trinajstić information content (AvgIpc) is 2.78. The van der Waals surface area contributed by atoms with Gasteiger partial charge in [0.05, 0.1) is 12.4 Å². The van der Waals surface area contributed by atoms with E-state index >= 15 is 0 Å². The van der Waals surface area contributed by atoms with Gasteiger partial charge in [-0.15, -0.1) is 0 Å². The van der Waals surface area contributed by atoms with Crippen LogP contribution in [0.3, 0.4) is 0 Å². The lowest BCUT2D eigenvalue weighted by Gasteiger charge is -2.20. The van der Waals surface area contributed by atoms with E-state index in [9.17, 15) is 5.11 Å². The van der Waals surface area contributed by atoms with Gasteiger partial charge in [0.15, 0.2) is 0 Å². The summed E-state index contributed by atoms with van der Waals surface area (Å²) in [6, 6.07) is 5.58. The average molecular weight is 232 g/mol. The van der Waals surface area contributed by atoms with Crippen LogP contribution in [0.25, 0.3) is 0 Å². The number of aryl methyl sites for hydroxylation is 1. The van der Waals surface area contributed by atoms with Crippen molar-refractivity contribution < 1.29 is 9.52 Å². The molecule has 2 aromatic heterocycles. The lowest BCUT2D eigenvalue weighted by atomic mass is 9.91. The number of aromatic nitrogens is 1. The van der Waals surface area contributed by atoms with Crippen LogP contribution in [0.15, 0.2) is 41.3 Å². The first-order valence-electron chi connectivity index (χ1n) is 5.55. The Kier molecular flexibility index (Phi) is 3.56. The molecule has 2 rings (SSSR count). The maximum atomic E-state index is 10.3. The summed E-state index contributed by atoms with van der Waals surface area (Å²) < 4.78 is 5.20. The predicted molar refractivity (Wildman–Crippen MR) is 64.4 cm³/mol. The number of nitrogens with zero attached hydrogens (tertiary/aromatic N) is 1. The molecule has 2 heterocycles. The molecule has 0 saturated heterocycles. The molecule has 0 bridgehead atoms. The maximum Gasteiger partial charge on any atom is 0.101 e. The highest BCUT2D eigenvalue weighted by Gasteiger charge is 2.22. The van der Waals surface area contributed by atoms with Crippen molar-refractivity contribution in [2.75, 3.05) is 6.54 Å². The van der Waals surface area contributed by atoms with E-state index in [1.807, 2.05) is 25.1 Å². The number of aliphatic hydroxyl groups excluding tert-OH is 1. The Bertz CT molecular complexity index is 467. The first-order chi connectivity index (χ1) is 8.22. The molecular formula is C13H16N2O2. The lowest BCUT2D eigenvalue weighted by Crippen LogP contribution is -2.20. The van der Waals surface area contributed by atoms with E-state index in [0.717, 1.165) is 16.9 Å². The molecule has 0 aliphatic heterocycles. The third-order valence-electron chi connectivity index (χ3n) is 2.84. The van der Waals surface area contributed by atoms with Gasteiger partial charge in [-0.3, -0.25) is 4.98 Å². The van der Waals surface area contributed by atoms with Crippen molar-refractivity contribution in [2.45, 2.75) is 18.9 Å². The fourth-order valence-corrected chi connectivity index (χ4v) is 1.89. The van der Waals surface area contributed by atoms with Crippen molar-refractivity contribution in [1.29, 1.82) is 0 Å². The van der Waals surface area contributed by atoms with Crippen LogP contribution in [0.1, 0.15) is 28.9 Å². The Hall–Kier alpha value is -1.65. The minimum absolute atomic E-state index is 0.166. The fraction of sp³-hybridized carbons (Fsp3) is 0.308. The van der Waals surface area contributed by atoms with Crippen LogP contribution in [-0.4, -0.2) is 16.6 Å². The molecule has 17 heavy (non-hydrogen) atoms. The number of nitrogens with two attached hydrogens (primary N) is 1. The molecular weight excluding hydrogens is 216 g/mol. The Balaban J connectivity index is 2.25. The van der Waals surface area contributed by atoms with Gasteiger partial charge in [-0.05, 0) is 24.6 Å². The molecule has 4 nitrogen and oxygen atoms in total. The Labute approximate surface area is 100 Å². The summed E-state index contributed by atoms with van der Waals surface area (Å²) in [5, 5.41) is 10.3. The monoisotopic (exact) mass is 232 g/mol. The van der Waals surface area contributed by atoms with E-state index in [1.54, 1.807) is 18.7 Å². The van der Waals surface area contributed by atoms with Crippen molar-refractivity contribution in [1.82, 2.24) is 4.98 Å². The first kappa shape index (κ1) is 11.8. The largest absolute Gasteiger partial charge is 0.469 e. The smallest absolute Gasteiger partial charge is 0.101 e. The lowest BCUT2D eigenvalue weighted by molar-refractivity contribution is 0.146. The zero-order chi connectivity index (χ0) is 12.3. The quantitative estimate of drug-likeness (QED) is 0.842. The molecule has 0 aliphatic carbocycles. The zero-order valence-corrected chi connectivity index (χ0v) is 9.71. The van der Waals surface area contributed by atoms with Crippen LogP contribution in [0.5, 0.6) is 0 Å². The van der Waals surface area contributed by atoms with Gasteiger partial charge in [-0.25, -0.2) is 0 Å². The third-order valence-corrected chi connectivity index (χ3v) is 2.84. The normalized spacial score (nSPS) is 14.5. The molecule has 2 atom stereocenters. The topological polar surface area (TPSA) is 72.3 Å². The van der Waals surface area contributed by atoms with Gasteiger partial charge in [0.2, 0.25) is 0 Å². The summed E-state index contributed by atoms with van der Waals surface area (Å²) >= 11 is 0. The van der Waals surface area contributed by atoms with Crippen molar-refractivity contribution in [3.05, 3.63) is 53.7 Å². The number of furan rings is 1. The number of hydrogen-bond donors (Lipinski definition) is 2. The van der Waals surface area contributed by atoms with E-state index in [4.69, 9.17) is 10.2 Å². The highest BCUT2D eigenvalue weighted by Crippen LogP contribution is 2.30. The van der Waals surface area contributed by atoms with Crippen molar-refractivity contribution in [2.24, 2.45) is 5.73 Å².